The van der Waals surface area contributed by atoms with Crippen molar-refractivity contribution in [2.24, 2.45) is 0 Å². The van der Waals surface area contributed by atoms with Crippen LogP contribution >= 0.6 is 0 Å². The first kappa shape index (κ1) is 16.8. The number of aromatic nitrogens is 2. The number of nitrogens with zero attached hydrogens (tertiary/aromatic N) is 2. The van der Waals surface area contributed by atoms with Gasteiger partial charge >= 0.3 is 0 Å². The molecule has 0 saturated heterocycles. The molecule has 0 fully saturated rings. The molecule has 0 atom stereocenters. The minimum atomic E-state index is 0.0444. The minimum absolute atomic E-state index is 0.0444. The Hall–Kier alpha value is -3.40. The highest BCUT2D eigenvalue weighted by Gasteiger charge is 2.25. The summed E-state index contributed by atoms with van der Waals surface area (Å²) in [5, 5.41) is 1.21. The van der Waals surface area contributed by atoms with E-state index in [2.05, 4.69) is 59.4 Å². The van der Waals surface area contributed by atoms with Crippen molar-refractivity contribution in [2.75, 3.05) is 6.54 Å². The van der Waals surface area contributed by atoms with Crippen LogP contribution in [0.1, 0.15) is 27.2 Å². The molecular formula is C24H21N3O. The molecule has 4 heteroatoms. The molecule has 138 valence electrons. The van der Waals surface area contributed by atoms with Crippen LogP contribution in [0.25, 0.3) is 22.0 Å². The molecule has 0 bridgehead atoms. The van der Waals surface area contributed by atoms with E-state index in [-0.39, 0.29) is 5.91 Å². The Morgan fingerprint density at radius 2 is 1.96 bits per heavy atom. The lowest BCUT2D eigenvalue weighted by molar-refractivity contribution is 0.0734. The van der Waals surface area contributed by atoms with E-state index in [4.69, 9.17) is 0 Å². The number of hydrogen-bond acceptors (Lipinski definition) is 2. The number of carbonyl (C=O) groups is 1. The van der Waals surface area contributed by atoms with Gasteiger partial charge in [-0.2, -0.15) is 0 Å². The largest absolute Gasteiger partial charge is 0.358 e. The Bertz CT molecular complexity index is 1180. The Labute approximate surface area is 163 Å². The SMILES string of the molecule is Cc1cccc(-c2ccc3[nH]c4c(c3c2)CN(C(=O)c2cccnc2)CC4)c1. The smallest absolute Gasteiger partial charge is 0.255 e. The Kier molecular flexibility index (Phi) is 3.97. The molecular weight excluding hydrogens is 346 g/mol. The number of aryl methyl sites for hydroxylation is 1. The normalized spacial score (nSPS) is 13.5. The third-order valence-electron chi connectivity index (χ3n) is 5.52. The van der Waals surface area contributed by atoms with Crippen LogP contribution in [0.4, 0.5) is 0 Å². The molecule has 4 aromatic rings. The molecule has 4 nitrogen and oxygen atoms in total. The zero-order chi connectivity index (χ0) is 19.1. The Morgan fingerprint density at radius 1 is 1.07 bits per heavy atom. The molecule has 28 heavy (non-hydrogen) atoms. The van der Waals surface area contributed by atoms with Crippen LogP contribution < -0.4 is 0 Å². The van der Waals surface area contributed by atoms with Gasteiger partial charge in [-0.05, 0) is 42.3 Å². The first-order valence-corrected chi connectivity index (χ1v) is 9.59. The van der Waals surface area contributed by atoms with Crippen LogP contribution in [-0.4, -0.2) is 27.3 Å². The molecule has 1 aliphatic heterocycles. The Balaban J connectivity index is 1.52. The highest BCUT2D eigenvalue weighted by molar-refractivity contribution is 5.95. The van der Waals surface area contributed by atoms with Crippen molar-refractivity contribution in [1.82, 2.24) is 14.9 Å². The molecule has 0 spiro atoms. The van der Waals surface area contributed by atoms with Crippen LogP contribution in [0.15, 0.2) is 67.0 Å². The van der Waals surface area contributed by atoms with Crippen molar-refractivity contribution >= 4 is 16.8 Å². The summed E-state index contributed by atoms with van der Waals surface area (Å²) in [5.41, 5.74) is 7.93. The predicted octanol–water partition coefficient (Wildman–Crippen LogP) is 4.74. The van der Waals surface area contributed by atoms with E-state index < -0.39 is 0 Å². The molecule has 0 unspecified atom stereocenters. The van der Waals surface area contributed by atoms with Gasteiger partial charge in [0.2, 0.25) is 0 Å². The number of benzene rings is 2. The predicted molar refractivity (Wildman–Crippen MR) is 111 cm³/mol. The topological polar surface area (TPSA) is 49.0 Å². The lowest BCUT2D eigenvalue weighted by Crippen LogP contribution is -2.35. The third kappa shape index (κ3) is 2.87. The molecule has 0 saturated carbocycles. The maximum Gasteiger partial charge on any atom is 0.255 e. The first-order chi connectivity index (χ1) is 13.7. The lowest BCUT2D eigenvalue weighted by atomic mass is 9.99. The molecule has 3 heterocycles. The molecule has 2 aromatic carbocycles. The second-order valence-corrected chi connectivity index (χ2v) is 7.43. The van der Waals surface area contributed by atoms with E-state index in [0.717, 1.165) is 18.5 Å². The average Bonchev–Trinajstić information content (AvgIpc) is 3.11. The molecule has 1 N–H and O–H groups in total. The summed E-state index contributed by atoms with van der Waals surface area (Å²) in [5.74, 6) is 0.0444. The van der Waals surface area contributed by atoms with Crippen molar-refractivity contribution in [3.8, 4) is 11.1 Å². The van der Waals surface area contributed by atoms with Crippen molar-refractivity contribution in [2.45, 2.75) is 19.9 Å². The average molecular weight is 367 g/mol. The third-order valence-corrected chi connectivity index (χ3v) is 5.52. The number of amides is 1. The highest BCUT2D eigenvalue weighted by Crippen LogP contribution is 2.32. The summed E-state index contributed by atoms with van der Waals surface area (Å²) in [4.78, 5) is 22.4. The van der Waals surface area contributed by atoms with E-state index >= 15 is 0 Å². The summed E-state index contributed by atoms with van der Waals surface area (Å²) >= 11 is 0. The van der Waals surface area contributed by atoms with Crippen molar-refractivity contribution in [3.05, 3.63) is 89.4 Å². The number of pyridine rings is 1. The quantitative estimate of drug-likeness (QED) is 0.556. The zero-order valence-electron chi connectivity index (χ0n) is 15.8. The number of H-pyrrole nitrogens is 1. The molecule has 1 aliphatic rings. The van der Waals surface area contributed by atoms with E-state index in [1.54, 1.807) is 12.4 Å². The zero-order valence-corrected chi connectivity index (χ0v) is 15.8. The van der Waals surface area contributed by atoms with Crippen LogP contribution in [0.5, 0.6) is 0 Å². The number of aromatic amines is 1. The van der Waals surface area contributed by atoms with Gasteiger partial charge in [0.25, 0.3) is 5.91 Å². The van der Waals surface area contributed by atoms with Gasteiger partial charge in [0.05, 0.1) is 5.56 Å². The lowest BCUT2D eigenvalue weighted by Gasteiger charge is -2.27. The van der Waals surface area contributed by atoms with Crippen LogP contribution in [0, 0.1) is 6.92 Å². The van der Waals surface area contributed by atoms with Gasteiger partial charge in [-0.25, -0.2) is 0 Å². The number of fused-ring (bicyclic) bond motifs is 3. The van der Waals surface area contributed by atoms with Crippen molar-refractivity contribution in [3.63, 3.8) is 0 Å². The van der Waals surface area contributed by atoms with E-state index in [1.807, 2.05) is 17.0 Å². The number of nitrogens with one attached hydrogen (secondary N) is 1. The maximum atomic E-state index is 12.9. The standard InChI is InChI=1S/C24H21N3O/c1-16-4-2-5-17(12-16)18-7-8-22-20(13-18)21-15-27(11-9-23(21)26-22)24(28)19-6-3-10-25-14-19/h2-8,10,12-14,26H,9,11,15H2,1H3. The molecule has 0 aliphatic carbocycles. The number of rotatable bonds is 2. The highest BCUT2D eigenvalue weighted by atomic mass is 16.2. The van der Waals surface area contributed by atoms with Gasteiger partial charge in [-0.3, -0.25) is 9.78 Å². The van der Waals surface area contributed by atoms with Gasteiger partial charge in [-0.15, -0.1) is 0 Å². The summed E-state index contributed by atoms with van der Waals surface area (Å²) in [6, 6.07) is 18.8. The number of carbonyl (C=O) groups excluding carboxylic acids is 1. The maximum absolute atomic E-state index is 12.9. The van der Waals surface area contributed by atoms with E-state index in [0.29, 0.717) is 12.1 Å². The van der Waals surface area contributed by atoms with Gasteiger partial charge < -0.3 is 9.88 Å². The first-order valence-electron chi connectivity index (χ1n) is 9.59. The molecule has 5 rings (SSSR count). The monoisotopic (exact) mass is 367 g/mol. The van der Waals surface area contributed by atoms with Gasteiger partial charge in [0.15, 0.2) is 0 Å². The van der Waals surface area contributed by atoms with Crippen molar-refractivity contribution < 1.29 is 4.79 Å². The molecule has 0 radical (unpaired) electrons. The second kappa shape index (κ2) is 6.64. The van der Waals surface area contributed by atoms with E-state index in [1.165, 1.54) is 33.3 Å². The molecule has 1 amide bonds. The van der Waals surface area contributed by atoms with Crippen molar-refractivity contribution in [1.29, 1.82) is 0 Å². The fourth-order valence-corrected chi connectivity index (χ4v) is 4.06. The van der Waals surface area contributed by atoms with Crippen LogP contribution in [0.3, 0.4) is 0 Å². The minimum Gasteiger partial charge on any atom is -0.358 e. The van der Waals surface area contributed by atoms with Gasteiger partial charge in [0, 0.05) is 54.1 Å². The Morgan fingerprint density at radius 3 is 2.79 bits per heavy atom. The summed E-state index contributed by atoms with van der Waals surface area (Å²) in [6.07, 6.45) is 4.18. The van der Waals surface area contributed by atoms with E-state index in [9.17, 15) is 4.79 Å². The fraction of sp³-hybridized carbons (Fsp3) is 0.167. The van der Waals surface area contributed by atoms with Crippen LogP contribution in [0.2, 0.25) is 0 Å². The van der Waals surface area contributed by atoms with Gasteiger partial charge in [0.1, 0.15) is 0 Å². The number of hydrogen-bond donors (Lipinski definition) is 1. The van der Waals surface area contributed by atoms with Gasteiger partial charge in [-0.1, -0.05) is 35.9 Å². The summed E-state index contributed by atoms with van der Waals surface area (Å²) in [6.45, 7) is 3.46. The second-order valence-electron chi connectivity index (χ2n) is 7.43. The summed E-state index contributed by atoms with van der Waals surface area (Å²) in [7, 11) is 0. The summed E-state index contributed by atoms with van der Waals surface area (Å²) < 4.78 is 0. The molecule has 2 aromatic heterocycles. The fourth-order valence-electron chi connectivity index (χ4n) is 4.06. The van der Waals surface area contributed by atoms with Crippen LogP contribution in [-0.2, 0) is 13.0 Å².